The summed E-state index contributed by atoms with van der Waals surface area (Å²) < 4.78 is 7.11. The minimum atomic E-state index is 0.185. The summed E-state index contributed by atoms with van der Waals surface area (Å²) in [5.74, 6) is 0.652. The lowest BCUT2D eigenvalue weighted by molar-refractivity contribution is 0.129. The van der Waals surface area contributed by atoms with Gasteiger partial charge < -0.3 is 10.1 Å². The molecule has 19 heavy (non-hydrogen) atoms. The van der Waals surface area contributed by atoms with Crippen LogP contribution in [-0.4, -0.2) is 34.4 Å². The van der Waals surface area contributed by atoms with Crippen LogP contribution in [0.4, 0.5) is 5.13 Å². The molecule has 0 aliphatic heterocycles. The molecule has 1 aliphatic carbocycles. The molecule has 1 unspecified atom stereocenters. The highest BCUT2D eigenvalue weighted by Gasteiger charge is 2.20. The Kier molecular flexibility index (Phi) is 3.70. The van der Waals surface area contributed by atoms with Crippen molar-refractivity contribution in [1.82, 2.24) is 14.6 Å². The minimum absolute atomic E-state index is 0.185. The van der Waals surface area contributed by atoms with Crippen LogP contribution in [0, 0.1) is 0 Å². The number of imidazole rings is 1. The Bertz CT molecular complexity index is 512. The zero-order valence-corrected chi connectivity index (χ0v) is 12.2. The van der Waals surface area contributed by atoms with Gasteiger partial charge in [-0.2, -0.15) is 0 Å². The fourth-order valence-electron chi connectivity index (χ4n) is 2.52. The molecule has 1 saturated carbocycles. The summed E-state index contributed by atoms with van der Waals surface area (Å²) in [5, 5.41) is 8.71. The Morgan fingerprint density at radius 1 is 1.53 bits per heavy atom. The van der Waals surface area contributed by atoms with E-state index in [-0.39, 0.29) is 6.10 Å². The van der Waals surface area contributed by atoms with E-state index in [9.17, 15) is 0 Å². The summed E-state index contributed by atoms with van der Waals surface area (Å²) >= 11 is 1.60. The van der Waals surface area contributed by atoms with E-state index in [1.54, 1.807) is 18.4 Å². The third-order valence-electron chi connectivity index (χ3n) is 3.78. The predicted octanol–water partition coefficient (Wildman–Crippen LogP) is 2.90. The number of ether oxygens (including phenoxy) is 1. The Balaban J connectivity index is 1.70. The average molecular weight is 280 g/mol. The minimum Gasteiger partial charge on any atom is -0.380 e. The standard InChI is InChI=1S/C13H20N4OS/c1-9(18-2)7-14-12-16-17-8-11(15-13(17)19-12)10-5-3-4-6-10/h8-10H,3-7H2,1-2H3,(H,14,16). The lowest BCUT2D eigenvalue weighted by Crippen LogP contribution is -2.17. The van der Waals surface area contributed by atoms with E-state index in [4.69, 9.17) is 9.72 Å². The topological polar surface area (TPSA) is 51.5 Å². The quantitative estimate of drug-likeness (QED) is 0.915. The third-order valence-corrected chi connectivity index (χ3v) is 4.66. The van der Waals surface area contributed by atoms with Crippen molar-refractivity contribution in [1.29, 1.82) is 0 Å². The van der Waals surface area contributed by atoms with Gasteiger partial charge in [-0.05, 0) is 19.8 Å². The van der Waals surface area contributed by atoms with Gasteiger partial charge in [-0.3, -0.25) is 0 Å². The van der Waals surface area contributed by atoms with Crippen molar-refractivity contribution in [3.8, 4) is 0 Å². The summed E-state index contributed by atoms with van der Waals surface area (Å²) in [7, 11) is 1.72. The number of fused-ring (bicyclic) bond motifs is 1. The van der Waals surface area contributed by atoms with Crippen LogP contribution in [-0.2, 0) is 4.74 Å². The SMILES string of the molecule is COC(C)CNc1nn2cc(C3CCCC3)nc2s1. The van der Waals surface area contributed by atoms with Crippen molar-refractivity contribution in [3.63, 3.8) is 0 Å². The molecule has 1 atom stereocenters. The number of nitrogens with zero attached hydrogens (tertiary/aromatic N) is 3. The van der Waals surface area contributed by atoms with Crippen LogP contribution in [0.2, 0.25) is 0 Å². The number of aromatic nitrogens is 3. The zero-order chi connectivity index (χ0) is 13.2. The van der Waals surface area contributed by atoms with Gasteiger partial charge in [0.2, 0.25) is 10.1 Å². The Labute approximate surface area is 117 Å². The van der Waals surface area contributed by atoms with Crippen LogP contribution in [0.1, 0.15) is 44.2 Å². The van der Waals surface area contributed by atoms with Crippen LogP contribution in [0.25, 0.3) is 4.96 Å². The first-order chi connectivity index (χ1) is 9.26. The Morgan fingerprint density at radius 2 is 2.32 bits per heavy atom. The molecule has 104 valence electrons. The van der Waals surface area contributed by atoms with Gasteiger partial charge >= 0.3 is 0 Å². The highest BCUT2D eigenvalue weighted by molar-refractivity contribution is 7.20. The largest absolute Gasteiger partial charge is 0.380 e. The van der Waals surface area contributed by atoms with Crippen molar-refractivity contribution >= 4 is 21.4 Å². The number of methoxy groups -OCH3 is 1. The molecule has 0 aromatic carbocycles. The molecule has 3 rings (SSSR count). The van der Waals surface area contributed by atoms with Crippen molar-refractivity contribution in [2.75, 3.05) is 19.0 Å². The molecular weight excluding hydrogens is 260 g/mol. The monoisotopic (exact) mass is 280 g/mol. The van der Waals surface area contributed by atoms with Crippen LogP contribution < -0.4 is 5.32 Å². The van der Waals surface area contributed by atoms with Gasteiger partial charge in [-0.25, -0.2) is 9.50 Å². The van der Waals surface area contributed by atoms with Gasteiger partial charge in [0, 0.05) is 19.6 Å². The molecule has 2 aromatic rings. The second-order valence-corrected chi connectivity index (χ2v) is 6.16. The molecule has 2 heterocycles. The molecule has 1 fully saturated rings. The summed E-state index contributed by atoms with van der Waals surface area (Å²) in [6.07, 6.45) is 7.51. The molecule has 1 aliphatic rings. The van der Waals surface area contributed by atoms with Gasteiger partial charge in [0.25, 0.3) is 0 Å². The van der Waals surface area contributed by atoms with Crippen LogP contribution in [0.3, 0.4) is 0 Å². The van der Waals surface area contributed by atoms with E-state index in [0.717, 1.165) is 16.6 Å². The second-order valence-electron chi connectivity index (χ2n) is 5.21. The molecule has 6 heteroatoms. The van der Waals surface area contributed by atoms with E-state index >= 15 is 0 Å². The number of anilines is 1. The molecule has 2 aromatic heterocycles. The summed E-state index contributed by atoms with van der Waals surface area (Å²) in [6.45, 7) is 2.80. The zero-order valence-electron chi connectivity index (χ0n) is 11.4. The molecule has 5 nitrogen and oxygen atoms in total. The number of hydrogen-bond acceptors (Lipinski definition) is 5. The van der Waals surface area contributed by atoms with Crippen molar-refractivity contribution < 1.29 is 4.74 Å². The van der Waals surface area contributed by atoms with E-state index in [2.05, 4.69) is 16.6 Å². The van der Waals surface area contributed by atoms with E-state index in [0.29, 0.717) is 5.92 Å². The second kappa shape index (κ2) is 5.46. The van der Waals surface area contributed by atoms with Gasteiger partial charge in [-0.1, -0.05) is 24.2 Å². The Morgan fingerprint density at radius 3 is 3.00 bits per heavy atom. The summed E-state index contributed by atoms with van der Waals surface area (Å²) in [5.41, 5.74) is 1.22. The van der Waals surface area contributed by atoms with Crippen LogP contribution >= 0.6 is 11.3 Å². The smallest absolute Gasteiger partial charge is 0.214 e. The first kappa shape index (κ1) is 12.9. The van der Waals surface area contributed by atoms with Gasteiger partial charge in [0.15, 0.2) is 0 Å². The van der Waals surface area contributed by atoms with Gasteiger partial charge in [0.1, 0.15) is 0 Å². The van der Waals surface area contributed by atoms with E-state index in [1.807, 2.05) is 11.4 Å². The third kappa shape index (κ3) is 2.74. The number of rotatable bonds is 5. The van der Waals surface area contributed by atoms with Crippen LogP contribution in [0.5, 0.6) is 0 Å². The predicted molar refractivity (Wildman–Crippen MR) is 77.0 cm³/mol. The highest BCUT2D eigenvalue weighted by Crippen LogP contribution is 2.34. The molecule has 0 bridgehead atoms. The normalized spacial score (nSPS) is 18.2. The molecule has 0 radical (unpaired) electrons. The van der Waals surface area contributed by atoms with Crippen molar-refractivity contribution in [3.05, 3.63) is 11.9 Å². The van der Waals surface area contributed by atoms with Gasteiger partial charge in [0.05, 0.1) is 18.0 Å². The Hall–Kier alpha value is -1.14. The lowest BCUT2D eigenvalue weighted by Gasteiger charge is -2.08. The molecule has 1 N–H and O–H groups in total. The molecule has 0 saturated heterocycles. The highest BCUT2D eigenvalue weighted by atomic mass is 32.1. The number of nitrogens with one attached hydrogen (secondary N) is 1. The summed E-state index contributed by atoms with van der Waals surface area (Å²) in [4.78, 5) is 5.69. The maximum absolute atomic E-state index is 5.21. The molecule has 0 spiro atoms. The molecular formula is C13H20N4OS. The first-order valence-corrected chi connectivity index (χ1v) is 7.70. The maximum atomic E-state index is 5.21. The van der Waals surface area contributed by atoms with E-state index < -0.39 is 0 Å². The average Bonchev–Trinajstić information content (AvgIpc) is 3.09. The number of hydrogen-bond donors (Lipinski definition) is 1. The maximum Gasteiger partial charge on any atom is 0.214 e. The fraction of sp³-hybridized carbons (Fsp3) is 0.692. The van der Waals surface area contributed by atoms with Gasteiger partial charge in [-0.15, -0.1) is 5.10 Å². The first-order valence-electron chi connectivity index (χ1n) is 6.89. The summed E-state index contributed by atoms with van der Waals surface area (Å²) in [6, 6.07) is 0. The van der Waals surface area contributed by atoms with Crippen molar-refractivity contribution in [2.24, 2.45) is 0 Å². The van der Waals surface area contributed by atoms with Crippen LogP contribution in [0.15, 0.2) is 6.20 Å². The lowest BCUT2D eigenvalue weighted by atomic mass is 10.1. The van der Waals surface area contributed by atoms with E-state index in [1.165, 1.54) is 31.4 Å². The van der Waals surface area contributed by atoms with Crippen molar-refractivity contribution in [2.45, 2.75) is 44.6 Å². The fourth-order valence-corrected chi connectivity index (χ4v) is 3.32. The molecule has 0 amide bonds.